The molecule has 2 aromatic rings. The average Bonchev–Trinajstić information content (AvgIpc) is 3.10. The number of Topliss-reactive ketones (excluding diaryl/α,β-unsaturated/α-hetero) is 1. The second-order valence-electron chi connectivity index (χ2n) is 7.66. The SMILES string of the molecule is CCc1ccc(-c2ccc(Cl)cc2)cc1C1C(=O)[C@@H]2CC[C@@](CC)(O2)C1O. The van der Waals surface area contributed by atoms with Crippen LogP contribution in [0.4, 0.5) is 0 Å². The molecule has 0 spiro atoms. The van der Waals surface area contributed by atoms with Gasteiger partial charge in [0.2, 0.25) is 0 Å². The fourth-order valence-electron chi connectivity index (χ4n) is 4.68. The molecule has 4 heteroatoms. The number of carbonyl (C=O) groups is 1. The van der Waals surface area contributed by atoms with Crippen LogP contribution in [0.5, 0.6) is 0 Å². The fourth-order valence-corrected chi connectivity index (χ4v) is 4.80. The zero-order chi connectivity index (χ0) is 19.2. The van der Waals surface area contributed by atoms with Crippen molar-refractivity contribution in [2.24, 2.45) is 0 Å². The van der Waals surface area contributed by atoms with E-state index < -0.39 is 17.6 Å². The van der Waals surface area contributed by atoms with Crippen LogP contribution in [-0.4, -0.2) is 28.7 Å². The van der Waals surface area contributed by atoms with Gasteiger partial charge < -0.3 is 9.84 Å². The summed E-state index contributed by atoms with van der Waals surface area (Å²) in [5, 5.41) is 11.9. The van der Waals surface area contributed by atoms with Crippen LogP contribution in [0, 0.1) is 0 Å². The Bertz CT molecular complexity index is 860. The van der Waals surface area contributed by atoms with E-state index in [1.165, 1.54) is 0 Å². The number of hydrogen-bond donors (Lipinski definition) is 1. The summed E-state index contributed by atoms with van der Waals surface area (Å²) < 4.78 is 6.00. The molecule has 2 unspecified atom stereocenters. The molecule has 2 bridgehead atoms. The van der Waals surface area contributed by atoms with Crippen molar-refractivity contribution in [3.05, 3.63) is 58.6 Å². The lowest BCUT2D eigenvalue weighted by Crippen LogP contribution is -2.53. The van der Waals surface area contributed by atoms with Gasteiger partial charge in [-0.25, -0.2) is 0 Å². The number of aryl methyl sites for hydroxylation is 1. The molecule has 4 rings (SSSR count). The maximum absolute atomic E-state index is 13.1. The van der Waals surface area contributed by atoms with Gasteiger partial charge in [0.15, 0.2) is 5.78 Å². The zero-order valence-corrected chi connectivity index (χ0v) is 16.5. The van der Waals surface area contributed by atoms with Gasteiger partial charge in [0.25, 0.3) is 0 Å². The van der Waals surface area contributed by atoms with Gasteiger partial charge in [-0.1, -0.05) is 55.8 Å². The zero-order valence-electron chi connectivity index (χ0n) is 15.7. The van der Waals surface area contributed by atoms with E-state index in [-0.39, 0.29) is 11.9 Å². The van der Waals surface area contributed by atoms with Crippen LogP contribution < -0.4 is 0 Å². The first kappa shape index (κ1) is 18.7. The normalized spacial score (nSPS) is 29.9. The lowest BCUT2D eigenvalue weighted by atomic mass is 9.75. The van der Waals surface area contributed by atoms with Crippen LogP contribution in [0.2, 0.25) is 5.02 Å². The number of aliphatic hydroxyl groups excluding tert-OH is 1. The molecule has 2 aromatic carbocycles. The third-order valence-electron chi connectivity index (χ3n) is 6.32. The van der Waals surface area contributed by atoms with E-state index in [0.717, 1.165) is 35.1 Å². The average molecular weight is 385 g/mol. The fraction of sp³-hybridized carbons (Fsp3) is 0.435. The van der Waals surface area contributed by atoms with Gasteiger partial charge in [-0.05, 0) is 60.1 Å². The van der Waals surface area contributed by atoms with E-state index in [0.29, 0.717) is 17.9 Å². The van der Waals surface area contributed by atoms with Gasteiger partial charge in [0, 0.05) is 5.02 Å². The Balaban J connectivity index is 1.81. The largest absolute Gasteiger partial charge is 0.389 e. The molecule has 3 nitrogen and oxygen atoms in total. The van der Waals surface area contributed by atoms with Gasteiger partial charge in [-0.3, -0.25) is 4.79 Å². The number of ether oxygens (including phenoxy) is 1. The van der Waals surface area contributed by atoms with Crippen molar-refractivity contribution < 1.29 is 14.6 Å². The van der Waals surface area contributed by atoms with Crippen LogP contribution in [0.3, 0.4) is 0 Å². The highest BCUT2D eigenvalue weighted by atomic mass is 35.5. The molecular weight excluding hydrogens is 360 g/mol. The molecule has 0 aliphatic carbocycles. The molecule has 2 fully saturated rings. The Morgan fingerprint density at radius 1 is 1.15 bits per heavy atom. The Morgan fingerprint density at radius 3 is 2.52 bits per heavy atom. The summed E-state index contributed by atoms with van der Waals surface area (Å²) in [7, 11) is 0. The first-order valence-electron chi connectivity index (χ1n) is 9.77. The predicted molar refractivity (Wildman–Crippen MR) is 107 cm³/mol. The molecule has 2 aliphatic heterocycles. The second kappa shape index (κ2) is 7.05. The maximum atomic E-state index is 13.1. The first-order valence-corrected chi connectivity index (χ1v) is 10.1. The van der Waals surface area contributed by atoms with E-state index in [9.17, 15) is 9.90 Å². The third-order valence-corrected chi connectivity index (χ3v) is 6.58. The molecule has 0 radical (unpaired) electrons. The summed E-state index contributed by atoms with van der Waals surface area (Å²) in [5.74, 6) is -0.500. The summed E-state index contributed by atoms with van der Waals surface area (Å²) in [5.41, 5.74) is 3.53. The van der Waals surface area contributed by atoms with Gasteiger partial charge in [-0.15, -0.1) is 0 Å². The number of fused-ring (bicyclic) bond motifs is 2. The van der Waals surface area contributed by atoms with E-state index in [2.05, 4.69) is 25.1 Å². The number of halogens is 1. The van der Waals surface area contributed by atoms with Crippen LogP contribution >= 0.6 is 11.6 Å². The Morgan fingerprint density at radius 2 is 1.85 bits per heavy atom. The number of hydrogen-bond acceptors (Lipinski definition) is 3. The molecule has 1 N–H and O–H groups in total. The number of rotatable bonds is 4. The Labute approximate surface area is 165 Å². The van der Waals surface area contributed by atoms with Crippen molar-refractivity contribution in [2.45, 2.75) is 63.3 Å². The van der Waals surface area contributed by atoms with Gasteiger partial charge in [-0.2, -0.15) is 0 Å². The number of ketones is 1. The smallest absolute Gasteiger partial charge is 0.171 e. The molecule has 2 aliphatic rings. The maximum Gasteiger partial charge on any atom is 0.171 e. The molecule has 2 saturated heterocycles. The number of benzene rings is 2. The van der Waals surface area contributed by atoms with Crippen LogP contribution in [0.25, 0.3) is 11.1 Å². The molecule has 0 amide bonds. The molecule has 4 atom stereocenters. The van der Waals surface area contributed by atoms with Crippen LogP contribution in [0.15, 0.2) is 42.5 Å². The molecule has 27 heavy (non-hydrogen) atoms. The predicted octanol–water partition coefficient (Wildman–Crippen LogP) is 4.92. The Kier molecular flexibility index (Phi) is 4.87. The lowest BCUT2D eigenvalue weighted by Gasteiger charge is -2.42. The highest BCUT2D eigenvalue weighted by Gasteiger charge is 2.57. The molecular formula is C23H25ClO3. The van der Waals surface area contributed by atoms with Gasteiger partial charge in [0.05, 0.1) is 17.6 Å². The highest BCUT2D eigenvalue weighted by Crippen LogP contribution is 2.48. The number of carbonyl (C=O) groups excluding carboxylic acids is 1. The summed E-state index contributed by atoms with van der Waals surface area (Å²) in [6.45, 7) is 4.12. The summed E-state index contributed by atoms with van der Waals surface area (Å²) in [6, 6.07) is 13.9. The minimum Gasteiger partial charge on any atom is -0.389 e. The number of aliphatic hydroxyl groups is 1. The van der Waals surface area contributed by atoms with E-state index in [1.54, 1.807) is 0 Å². The van der Waals surface area contributed by atoms with Crippen molar-refractivity contribution in [2.75, 3.05) is 0 Å². The van der Waals surface area contributed by atoms with Crippen molar-refractivity contribution in [1.29, 1.82) is 0 Å². The van der Waals surface area contributed by atoms with E-state index in [4.69, 9.17) is 16.3 Å². The van der Waals surface area contributed by atoms with Crippen molar-refractivity contribution in [3.8, 4) is 11.1 Å². The molecule has 0 saturated carbocycles. The highest BCUT2D eigenvalue weighted by molar-refractivity contribution is 6.30. The molecule has 142 valence electrons. The van der Waals surface area contributed by atoms with Gasteiger partial charge in [0.1, 0.15) is 6.10 Å². The summed E-state index contributed by atoms with van der Waals surface area (Å²) in [4.78, 5) is 13.1. The molecule has 2 heterocycles. The Hall–Kier alpha value is -1.68. The van der Waals surface area contributed by atoms with Crippen LogP contribution in [-0.2, 0) is 16.0 Å². The third kappa shape index (κ3) is 3.02. The summed E-state index contributed by atoms with van der Waals surface area (Å²) in [6.07, 6.45) is 1.79. The topological polar surface area (TPSA) is 46.5 Å². The van der Waals surface area contributed by atoms with Gasteiger partial charge >= 0.3 is 0 Å². The lowest BCUT2D eigenvalue weighted by molar-refractivity contribution is -0.175. The monoisotopic (exact) mass is 384 g/mol. The minimum absolute atomic E-state index is 0.0204. The first-order chi connectivity index (χ1) is 13.0. The summed E-state index contributed by atoms with van der Waals surface area (Å²) >= 11 is 6.02. The van der Waals surface area contributed by atoms with Crippen molar-refractivity contribution in [3.63, 3.8) is 0 Å². The standard InChI is InChI=1S/C23H25ClO3/c1-3-14-5-6-16(15-7-9-17(24)10-8-15)13-18(14)20-21(25)19-11-12-23(4-2,27-19)22(20)26/h5-10,13,19-20,22,26H,3-4,11-12H2,1-2H3/t19-,20?,22?,23+/m0/s1. The van der Waals surface area contributed by atoms with Crippen LogP contribution in [0.1, 0.15) is 50.2 Å². The van der Waals surface area contributed by atoms with Crippen molar-refractivity contribution in [1.82, 2.24) is 0 Å². The quantitative estimate of drug-likeness (QED) is 0.813. The van der Waals surface area contributed by atoms with E-state index >= 15 is 0 Å². The van der Waals surface area contributed by atoms with E-state index in [1.807, 2.05) is 31.2 Å². The van der Waals surface area contributed by atoms with Crippen molar-refractivity contribution >= 4 is 17.4 Å². The second-order valence-corrected chi connectivity index (χ2v) is 8.10. The molecule has 0 aromatic heterocycles. The minimum atomic E-state index is -0.806.